The minimum absolute atomic E-state index is 0.0602. The molecule has 0 aromatic carbocycles. The zero-order valence-electron chi connectivity index (χ0n) is 14.5. The van der Waals surface area contributed by atoms with E-state index in [9.17, 15) is 13.2 Å². The maximum absolute atomic E-state index is 12.5. The van der Waals surface area contributed by atoms with E-state index in [0.717, 1.165) is 12.1 Å². The van der Waals surface area contributed by atoms with Gasteiger partial charge in [0.05, 0.1) is 18.4 Å². The fourth-order valence-corrected chi connectivity index (χ4v) is 3.22. The molecule has 0 spiro atoms. The summed E-state index contributed by atoms with van der Waals surface area (Å²) < 4.78 is 24.5. The highest BCUT2D eigenvalue weighted by molar-refractivity contribution is 7.92. The van der Waals surface area contributed by atoms with Gasteiger partial charge in [-0.1, -0.05) is 11.6 Å². The van der Waals surface area contributed by atoms with E-state index in [-0.39, 0.29) is 18.1 Å². The quantitative estimate of drug-likeness (QED) is 0.739. The molecule has 2 aromatic rings. The van der Waals surface area contributed by atoms with Crippen molar-refractivity contribution >= 4 is 39.2 Å². The molecule has 0 bridgehead atoms. The molecule has 1 N–H and O–H groups in total. The summed E-state index contributed by atoms with van der Waals surface area (Å²) in [5, 5.41) is 15.9. The van der Waals surface area contributed by atoms with Gasteiger partial charge in [-0.25, -0.2) is 8.42 Å². The standard InChI is InChI=1S/C15H18ClN7O3S/c1-27(25,26)21-13-4-2-11(17-19-13)10-15(24)23-8-6-22(7-9-23)14-5-3-12(16)18-20-14/h2-5H,6-10H2,1H3,(H,19,21). The Morgan fingerprint density at radius 2 is 1.81 bits per heavy atom. The predicted molar refractivity (Wildman–Crippen MR) is 100 cm³/mol. The number of piperazine rings is 1. The smallest absolute Gasteiger partial charge is 0.231 e. The largest absolute Gasteiger partial charge is 0.352 e. The van der Waals surface area contributed by atoms with Crippen LogP contribution in [0.4, 0.5) is 11.6 Å². The van der Waals surface area contributed by atoms with E-state index in [1.165, 1.54) is 6.07 Å². The molecular formula is C15H18ClN7O3S. The summed E-state index contributed by atoms with van der Waals surface area (Å²) in [4.78, 5) is 16.2. The van der Waals surface area contributed by atoms with Crippen LogP contribution in [0, 0.1) is 0 Å². The van der Waals surface area contributed by atoms with Crippen molar-refractivity contribution in [3.8, 4) is 0 Å². The highest BCUT2D eigenvalue weighted by Crippen LogP contribution is 2.15. The Morgan fingerprint density at radius 1 is 1.07 bits per heavy atom. The molecule has 144 valence electrons. The summed E-state index contributed by atoms with van der Waals surface area (Å²) in [5.74, 6) is 0.785. The summed E-state index contributed by atoms with van der Waals surface area (Å²) in [6.45, 7) is 2.41. The Labute approximate surface area is 161 Å². The number of hydrogen-bond donors (Lipinski definition) is 1. The SMILES string of the molecule is CS(=O)(=O)Nc1ccc(CC(=O)N2CCN(c3ccc(Cl)nn3)CC2)nn1. The van der Waals surface area contributed by atoms with E-state index < -0.39 is 10.0 Å². The van der Waals surface area contributed by atoms with Crippen molar-refractivity contribution in [2.24, 2.45) is 0 Å². The van der Waals surface area contributed by atoms with Crippen LogP contribution in [0.1, 0.15) is 5.69 Å². The first-order chi connectivity index (χ1) is 12.8. The Balaban J connectivity index is 1.53. The van der Waals surface area contributed by atoms with Gasteiger partial charge in [-0.3, -0.25) is 9.52 Å². The number of carbonyl (C=O) groups excluding carboxylic acids is 1. The van der Waals surface area contributed by atoms with Gasteiger partial charge < -0.3 is 9.80 Å². The van der Waals surface area contributed by atoms with Crippen molar-refractivity contribution in [2.45, 2.75) is 6.42 Å². The van der Waals surface area contributed by atoms with E-state index in [1.54, 1.807) is 23.1 Å². The van der Waals surface area contributed by atoms with Crippen molar-refractivity contribution in [1.82, 2.24) is 25.3 Å². The Hall–Kier alpha value is -2.53. The van der Waals surface area contributed by atoms with Crippen LogP contribution in [0.25, 0.3) is 0 Å². The summed E-state index contributed by atoms with van der Waals surface area (Å²) in [6, 6.07) is 6.54. The molecule has 1 aliphatic rings. The molecule has 0 radical (unpaired) electrons. The molecule has 0 saturated carbocycles. The van der Waals surface area contributed by atoms with Crippen LogP contribution in [0.2, 0.25) is 5.15 Å². The maximum atomic E-state index is 12.5. The number of anilines is 2. The second-order valence-electron chi connectivity index (χ2n) is 6.04. The van der Waals surface area contributed by atoms with Crippen LogP contribution in [0.5, 0.6) is 0 Å². The number of rotatable bonds is 5. The number of carbonyl (C=O) groups is 1. The number of hydrogen-bond acceptors (Lipinski definition) is 8. The van der Waals surface area contributed by atoms with Crippen LogP contribution >= 0.6 is 11.6 Å². The molecule has 0 unspecified atom stereocenters. The lowest BCUT2D eigenvalue weighted by atomic mass is 10.2. The molecule has 12 heteroatoms. The van der Waals surface area contributed by atoms with E-state index in [0.29, 0.717) is 37.0 Å². The topological polar surface area (TPSA) is 121 Å². The Kier molecular flexibility index (Phi) is 5.71. The van der Waals surface area contributed by atoms with Gasteiger partial charge in [0.2, 0.25) is 15.9 Å². The Bertz CT molecular complexity index is 898. The van der Waals surface area contributed by atoms with Crippen molar-refractivity contribution in [3.05, 3.63) is 35.1 Å². The predicted octanol–water partition coefficient (Wildman–Crippen LogP) is 0.183. The average molecular weight is 412 g/mol. The lowest BCUT2D eigenvalue weighted by Crippen LogP contribution is -2.49. The molecular weight excluding hydrogens is 394 g/mol. The number of aromatic nitrogens is 4. The summed E-state index contributed by atoms with van der Waals surface area (Å²) >= 11 is 5.74. The van der Waals surface area contributed by atoms with Crippen molar-refractivity contribution in [3.63, 3.8) is 0 Å². The number of halogens is 1. The number of amides is 1. The zero-order chi connectivity index (χ0) is 19.4. The molecule has 1 saturated heterocycles. The monoisotopic (exact) mass is 411 g/mol. The van der Waals surface area contributed by atoms with Gasteiger partial charge in [0.1, 0.15) is 0 Å². The normalized spacial score (nSPS) is 14.9. The average Bonchev–Trinajstić information content (AvgIpc) is 2.63. The van der Waals surface area contributed by atoms with Gasteiger partial charge in [-0.15, -0.1) is 15.3 Å². The van der Waals surface area contributed by atoms with Crippen LogP contribution in [0.3, 0.4) is 0 Å². The van der Waals surface area contributed by atoms with Gasteiger partial charge in [0.15, 0.2) is 16.8 Å². The van der Waals surface area contributed by atoms with Crippen LogP contribution < -0.4 is 9.62 Å². The maximum Gasteiger partial charge on any atom is 0.231 e. The highest BCUT2D eigenvalue weighted by Gasteiger charge is 2.22. The second-order valence-corrected chi connectivity index (χ2v) is 8.18. The minimum atomic E-state index is -3.41. The third-order valence-corrected chi connectivity index (χ3v) is 4.70. The second kappa shape index (κ2) is 8.01. The van der Waals surface area contributed by atoms with Gasteiger partial charge in [0, 0.05) is 26.2 Å². The van der Waals surface area contributed by atoms with Crippen LogP contribution in [0.15, 0.2) is 24.3 Å². The van der Waals surface area contributed by atoms with E-state index in [2.05, 4.69) is 25.1 Å². The fraction of sp³-hybridized carbons (Fsp3) is 0.400. The van der Waals surface area contributed by atoms with E-state index in [4.69, 9.17) is 11.6 Å². The van der Waals surface area contributed by atoms with Gasteiger partial charge >= 0.3 is 0 Å². The van der Waals surface area contributed by atoms with Crippen molar-refractivity contribution < 1.29 is 13.2 Å². The molecule has 3 rings (SSSR count). The molecule has 2 aromatic heterocycles. The summed E-state index contributed by atoms with van der Waals surface area (Å²) in [6.07, 6.45) is 1.13. The zero-order valence-corrected chi connectivity index (χ0v) is 16.1. The van der Waals surface area contributed by atoms with Gasteiger partial charge in [-0.05, 0) is 24.3 Å². The molecule has 27 heavy (non-hydrogen) atoms. The molecule has 0 atom stereocenters. The minimum Gasteiger partial charge on any atom is -0.352 e. The number of sulfonamides is 1. The van der Waals surface area contributed by atoms with Crippen LogP contribution in [-0.4, -0.2) is 72.1 Å². The molecule has 10 nitrogen and oxygen atoms in total. The highest BCUT2D eigenvalue weighted by atomic mass is 35.5. The lowest BCUT2D eigenvalue weighted by molar-refractivity contribution is -0.130. The van der Waals surface area contributed by atoms with E-state index in [1.807, 2.05) is 4.90 Å². The number of nitrogens with zero attached hydrogens (tertiary/aromatic N) is 6. The van der Waals surface area contributed by atoms with Gasteiger partial charge in [-0.2, -0.15) is 5.10 Å². The van der Waals surface area contributed by atoms with Crippen LogP contribution in [-0.2, 0) is 21.2 Å². The summed E-state index contributed by atoms with van der Waals surface area (Å²) in [7, 11) is -3.41. The molecule has 1 aliphatic heterocycles. The first-order valence-corrected chi connectivity index (χ1v) is 10.4. The molecule has 1 amide bonds. The number of nitrogens with one attached hydrogen (secondary N) is 1. The first kappa shape index (κ1) is 19.2. The molecule has 0 aliphatic carbocycles. The molecule has 1 fully saturated rings. The third kappa shape index (κ3) is 5.47. The summed E-state index contributed by atoms with van der Waals surface area (Å²) in [5.41, 5.74) is 0.477. The van der Waals surface area contributed by atoms with Crippen molar-refractivity contribution in [2.75, 3.05) is 42.1 Å². The van der Waals surface area contributed by atoms with Gasteiger partial charge in [0.25, 0.3) is 0 Å². The first-order valence-electron chi connectivity index (χ1n) is 8.12. The molecule has 3 heterocycles. The Morgan fingerprint density at radius 3 is 2.37 bits per heavy atom. The van der Waals surface area contributed by atoms with Crippen molar-refractivity contribution in [1.29, 1.82) is 0 Å². The van der Waals surface area contributed by atoms with E-state index >= 15 is 0 Å². The third-order valence-electron chi connectivity index (χ3n) is 3.92. The fourth-order valence-electron chi connectivity index (χ4n) is 2.63. The lowest BCUT2D eigenvalue weighted by Gasteiger charge is -2.35.